The zero-order chi connectivity index (χ0) is 14.1. The maximum atomic E-state index is 10.8. The van der Waals surface area contributed by atoms with Gasteiger partial charge in [-0.3, -0.25) is 0 Å². The average molecular weight is 248 g/mol. The monoisotopic (exact) mass is 248 g/mol. The third-order valence-electron chi connectivity index (χ3n) is 4.03. The van der Waals surface area contributed by atoms with Crippen molar-refractivity contribution in [3.05, 3.63) is 46.6 Å². The normalized spacial score (nSPS) is 34.2. The lowest BCUT2D eigenvalue weighted by Crippen LogP contribution is -2.40. The second kappa shape index (κ2) is 4.87. The van der Waals surface area contributed by atoms with Crippen LogP contribution in [0, 0.1) is 0 Å². The molecule has 18 heavy (non-hydrogen) atoms. The van der Waals surface area contributed by atoms with Crippen molar-refractivity contribution in [2.75, 3.05) is 0 Å². The van der Waals surface area contributed by atoms with Crippen LogP contribution in [0.3, 0.4) is 0 Å². The summed E-state index contributed by atoms with van der Waals surface area (Å²) in [5.74, 6) is 0. The molecule has 0 saturated carbocycles. The molecule has 0 aromatic carbocycles. The van der Waals surface area contributed by atoms with E-state index in [2.05, 4.69) is 0 Å². The Bertz CT molecular complexity index is 461. The van der Waals surface area contributed by atoms with Crippen molar-refractivity contribution in [3.63, 3.8) is 0 Å². The smallest absolute Gasteiger partial charge is 0.125 e. The molecule has 1 rings (SSSR count). The Hall–Kier alpha value is -1.12. The highest BCUT2D eigenvalue weighted by Gasteiger charge is 2.38. The van der Waals surface area contributed by atoms with Crippen LogP contribution in [0.1, 0.15) is 41.5 Å². The van der Waals surface area contributed by atoms with E-state index in [0.29, 0.717) is 0 Å². The molecule has 2 atom stereocenters. The molecule has 2 unspecified atom stereocenters. The number of hydrogen-bond donors (Lipinski definition) is 2. The average Bonchev–Trinajstić information content (AvgIpc) is 2.31. The predicted octanol–water partition coefficient (Wildman–Crippen LogP) is 3.29. The minimum atomic E-state index is -1.09. The van der Waals surface area contributed by atoms with Gasteiger partial charge in [-0.05, 0) is 70.4 Å². The van der Waals surface area contributed by atoms with Gasteiger partial charge in [0.1, 0.15) is 11.2 Å². The summed E-state index contributed by atoms with van der Waals surface area (Å²) in [5, 5.41) is 21.1. The molecule has 0 heterocycles. The fourth-order valence-corrected chi connectivity index (χ4v) is 2.21. The van der Waals surface area contributed by atoms with Crippen LogP contribution in [-0.2, 0) is 0 Å². The van der Waals surface area contributed by atoms with Crippen molar-refractivity contribution >= 4 is 0 Å². The Kier molecular flexibility index (Phi) is 4.04. The maximum Gasteiger partial charge on any atom is 0.125 e. The van der Waals surface area contributed by atoms with Gasteiger partial charge in [-0.25, -0.2) is 0 Å². The lowest BCUT2D eigenvalue weighted by molar-refractivity contribution is 0.114. The highest BCUT2D eigenvalue weighted by atomic mass is 16.3. The Morgan fingerprint density at radius 3 is 2.22 bits per heavy atom. The molecule has 2 N–H and O–H groups in total. The van der Waals surface area contributed by atoms with E-state index in [9.17, 15) is 10.2 Å². The van der Waals surface area contributed by atoms with Crippen LogP contribution in [0.5, 0.6) is 0 Å². The van der Waals surface area contributed by atoms with E-state index in [-0.39, 0.29) is 0 Å². The summed E-state index contributed by atoms with van der Waals surface area (Å²) < 4.78 is 0. The first kappa shape index (κ1) is 14.9. The first-order valence-corrected chi connectivity index (χ1v) is 6.30. The van der Waals surface area contributed by atoms with Crippen molar-refractivity contribution in [1.29, 1.82) is 0 Å². The van der Waals surface area contributed by atoms with Gasteiger partial charge >= 0.3 is 0 Å². The second-order valence-corrected chi connectivity index (χ2v) is 5.36. The van der Waals surface area contributed by atoms with E-state index >= 15 is 0 Å². The van der Waals surface area contributed by atoms with E-state index in [0.717, 1.165) is 22.3 Å². The van der Waals surface area contributed by atoms with Crippen LogP contribution in [0.4, 0.5) is 0 Å². The fraction of sp³-hybridized carbons (Fsp3) is 0.500. The van der Waals surface area contributed by atoms with Gasteiger partial charge in [0, 0.05) is 0 Å². The van der Waals surface area contributed by atoms with Crippen molar-refractivity contribution in [3.8, 4) is 0 Å². The minimum absolute atomic E-state index is 0.760. The zero-order valence-electron chi connectivity index (χ0n) is 12.2. The van der Waals surface area contributed by atoms with Gasteiger partial charge in [-0.2, -0.15) is 0 Å². The van der Waals surface area contributed by atoms with Crippen molar-refractivity contribution in [2.24, 2.45) is 0 Å². The van der Waals surface area contributed by atoms with Gasteiger partial charge in [0.2, 0.25) is 0 Å². The van der Waals surface area contributed by atoms with Crippen molar-refractivity contribution < 1.29 is 10.2 Å². The lowest BCUT2D eigenvalue weighted by Gasteiger charge is -2.38. The van der Waals surface area contributed by atoms with Crippen LogP contribution >= 0.6 is 0 Å². The number of rotatable bonds is 2. The zero-order valence-corrected chi connectivity index (χ0v) is 12.2. The summed E-state index contributed by atoms with van der Waals surface area (Å²) in [5.41, 5.74) is 1.40. The molecular weight excluding hydrogens is 224 g/mol. The third kappa shape index (κ3) is 2.50. The Morgan fingerprint density at radius 2 is 1.72 bits per heavy atom. The first-order chi connectivity index (χ1) is 8.15. The molecule has 2 heteroatoms. The summed E-state index contributed by atoms with van der Waals surface area (Å²) in [7, 11) is 0. The van der Waals surface area contributed by atoms with Gasteiger partial charge in [0.05, 0.1) is 0 Å². The van der Waals surface area contributed by atoms with Crippen LogP contribution in [0.15, 0.2) is 46.6 Å². The van der Waals surface area contributed by atoms with E-state index < -0.39 is 11.2 Å². The summed E-state index contributed by atoms with van der Waals surface area (Å²) >= 11 is 0. The SMILES string of the molecule is C/C=C(C)/C=C/C1(O)C(C)=CC(C)(O)C(C)=C1C. The van der Waals surface area contributed by atoms with Crippen LogP contribution in [0.2, 0.25) is 0 Å². The van der Waals surface area contributed by atoms with Crippen LogP contribution < -0.4 is 0 Å². The molecule has 0 saturated heterocycles. The molecule has 0 bridgehead atoms. The largest absolute Gasteiger partial charge is 0.382 e. The molecule has 0 aliphatic heterocycles. The van der Waals surface area contributed by atoms with Gasteiger partial charge < -0.3 is 10.2 Å². The molecular formula is C16H24O2. The van der Waals surface area contributed by atoms with Gasteiger partial charge in [0.15, 0.2) is 0 Å². The van der Waals surface area contributed by atoms with E-state index in [1.807, 2.05) is 46.8 Å². The quantitative estimate of drug-likeness (QED) is 0.581. The van der Waals surface area contributed by atoms with Crippen LogP contribution in [0.25, 0.3) is 0 Å². The first-order valence-electron chi connectivity index (χ1n) is 6.30. The predicted molar refractivity (Wildman–Crippen MR) is 76.3 cm³/mol. The third-order valence-corrected chi connectivity index (χ3v) is 4.03. The molecule has 0 aromatic heterocycles. The lowest BCUT2D eigenvalue weighted by atomic mass is 9.74. The van der Waals surface area contributed by atoms with Crippen molar-refractivity contribution in [2.45, 2.75) is 52.7 Å². The fourth-order valence-electron chi connectivity index (χ4n) is 2.21. The summed E-state index contributed by atoms with van der Waals surface area (Å²) in [4.78, 5) is 0. The minimum Gasteiger partial charge on any atom is -0.382 e. The molecule has 2 nitrogen and oxygen atoms in total. The molecule has 0 fully saturated rings. The summed E-state index contributed by atoms with van der Waals surface area (Å²) in [6.45, 7) is 11.3. The second-order valence-electron chi connectivity index (χ2n) is 5.36. The Morgan fingerprint density at radius 1 is 1.17 bits per heavy atom. The van der Waals surface area contributed by atoms with E-state index in [4.69, 9.17) is 0 Å². The number of allylic oxidation sites excluding steroid dienone is 3. The molecule has 0 radical (unpaired) electrons. The highest BCUT2D eigenvalue weighted by molar-refractivity contribution is 5.49. The highest BCUT2D eigenvalue weighted by Crippen LogP contribution is 2.39. The van der Waals surface area contributed by atoms with Crippen molar-refractivity contribution in [1.82, 2.24) is 0 Å². The molecule has 100 valence electrons. The van der Waals surface area contributed by atoms with E-state index in [1.165, 1.54) is 0 Å². The molecule has 1 aliphatic carbocycles. The topological polar surface area (TPSA) is 40.5 Å². The van der Waals surface area contributed by atoms with E-state index in [1.54, 1.807) is 19.1 Å². The number of aliphatic hydroxyl groups is 2. The summed E-state index contributed by atoms with van der Waals surface area (Å²) in [6.07, 6.45) is 7.42. The van der Waals surface area contributed by atoms with Gasteiger partial charge in [-0.1, -0.05) is 17.7 Å². The van der Waals surface area contributed by atoms with Crippen LogP contribution in [-0.4, -0.2) is 21.4 Å². The molecule has 0 spiro atoms. The Labute approximate surface area is 110 Å². The summed E-state index contributed by atoms with van der Waals surface area (Å²) in [6, 6.07) is 0. The molecule has 1 aliphatic rings. The van der Waals surface area contributed by atoms with Gasteiger partial charge in [0.25, 0.3) is 0 Å². The molecule has 0 amide bonds. The maximum absolute atomic E-state index is 10.8. The molecule has 0 aromatic rings. The van der Waals surface area contributed by atoms with Gasteiger partial charge in [-0.15, -0.1) is 0 Å². The number of hydrogen-bond acceptors (Lipinski definition) is 2. The standard InChI is InChI=1S/C16H24O2/c1-7-11(2)8-9-16(18)12(3)10-15(6,17)13(4)14(16)5/h7-10,17-18H,1-6H3/b9-8+,11-7+. The Balaban J connectivity index is 3.29.